The molecule has 0 radical (unpaired) electrons. The molecular formula is C19H30N4O. The largest absolute Gasteiger partial charge is 0.342 e. The van der Waals surface area contributed by atoms with E-state index in [0.717, 1.165) is 38.4 Å². The van der Waals surface area contributed by atoms with E-state index in [2.05, 4.69) is 26.6 Å². The fourth-order valence-electron chi connectivity index (χ4n) is 5.21. The van der Waals surface area contributed by atoms with E-state index in [0.29, 0.717) is 17.2 Å². The van der Waals surface area contributed by atoms with Crippen molar-refractivity contribution in [1.29, 1.82) is 0 Å². The molecule has 132 valence electrons. The van der Waals surface area contributed by atoms with E-state index in [4.69, 9.17) is 0 Å². The van der Waals surface area contributed by atoms with Crippen molar-refractivity contribution < 1.29 is 4.79 Å². The zero-order chi connectivity index (χ0) is 16.6. The zero-order valence-electron chi connectivity index (χ0n) is 14.9. The van der Waals surface area contributed by atoms with Crippen LogP contribution in [0.4, 0.5) is 0 Å². The van der Waals surface area contributed by atoms with Gasteiger partial charge in [0, 0.05) is 31.5 Å². The molecule has 1 saturated heterocycles. The van der Waals surface area contributed by atoms with Gasteiger partial charge in [0.15, 0.2) is 0 Å². The first-order valence-corrected chi connectivity index (χ1v) is 9.77. The number of carbonyl (C=O) groups excluding carboxylic acids is 1. The van der Waals surface area contributed by atoms with Crippen molar-refractivity contribution in [2.24, 2.45) is 23.2 Å². The van der Waals surface area contributed by atoms with E-state index in [9.17, 15) is 4.79 Å². The van der Waals surface area contributed by atoms with Crippen LogP contribution in [0.2, 0.25) is 0 Å². The standard InChI is InChI=1S/C19H30N4O/c1-15-4-2-5-16(7-6-15)18(24)23-11-17(10-22-13-20-21-14-22)19(12-23)8-3-9-19/h13-17H,2-12H2,1H3. The van der Waals surface area contributed by atoms with Crippen molar-refractivity contribution in [2.75, 3.05) is 13.1 Å². The van der Waals surface area contributed by atoms with Gasteiger partial charge < -0.3 is 9.47 Å². The molecule has 1 spiro atoms. The molecule has 5 heteroatoms. The molecule has 0 aromatic carbocycles. The Hall–Kier alpha value is -1.39. The van der Waals surface area contributed by atoms with Gasteiger partial charge in [-0.15, -0.1) is 10.2 Å². The summed E-state index contributed by atoms with van der Waals surface area (Å²) in [6.45, 7) is 5.22. The Labute approximate surface area is 144 Å². The third kappa shape index (κ3) is 2.98. The van der Waals surface area contributed by atoms with Gasteiger partial charge in [-0.25, -0.2) is 0 Å². The lowest BCUT2D eigenvalue weighted by atomic mass is 9.63. The van der Waals surface area contributed by atoms with Crippen LogP contribution in [0, 0.1) is 23.2 Å². The highest BCUT2D eigenvalue weighted by atomic mass is 16.2. The van der Waals surface area contributed by atoms with Gasteiger partial charge in [0.2, 0.25) is 5.91 Å². The van der Waals surface area contributed by atoms with Gasteiger partial charge in [0.25, 0.3) is 0 Å². The number of hydrogen-bond donors (Lipinski definition) is 0. The van der Waals surface area contributed by atoms with Gasteiger partial charge in [-0.2, -0.15) is 0 Å². The monoisotopic (exact) mass is 330 g/mol. The maximum Gasteiger partial charge on any atom is 0.225 e. The molecule has 5 nitrogen and oxygen atoms in total. The fraction of sp³-hybridized carbons (Fsp3) is 0.842. The third-order valence-electron chi connectivity index (χ3n) is 6.98. The van der Waals surface area contributed by atoms with E-state index in [-0.39, 0.29) is 5.92 Å². The van der Waals surface area contributed by atoms with Crippen molar-refractivity contribution >= 4 is 5.91 Å². The Morgan fingerprint density at radius 3 is 2.62 bits per heavy atom. The Balaban J connectivity index is 1.43. The number of rotatable bonds is 3. The van der Waals surface area contributed by atoms with Crippen LogP contribution in [0.5, 0.6) is 0 Å². The van der Waals surface area contributed by atoms with Gasteiger partial charge in [-0.3, -0.25) is 4.79 Å². The van der Waals surface area contributed by atoms with Crippen LogP contribution >= 0.6 is 0 Å². The molecule has 4 rings (SSSR count). The molecule has 3 atom stereocenters. The lowest BCUT2D eigenvalue weighted by Gasteiger charge is -2.42. The topological polar surface area (TPSA) is 51.0 Å². The highest BCUT2D eigenvalue weighted by Gasteiger charge is 2.51. The van der Waals surface area contributed by atoms with Crippen molar-refractivity contribution in [1.82, 2.24) is 19.7 Å². The minimum absolute atomic E-state index is 0.278. The Morgan fingerprint density at radius 2 is 1.92 bits per heavy atom. The van der Waals surface area contributed by atoms with Gasteiger partial charge in [-0.1, -0.05) is 26.2 Å². The van der Waals surface area contributed by atoms with Crippen LogP contribution < -0.4 is 0 Å². The van der Waals surface area contributed by atoms with Crippen molar-refractivity contribution in [3.63, 3.8) is 0 Å². The van der Waals surface area contributed by atoms with E-state index < -0.39 is 0 Å². The lowest BCUT2D eigenvalue weighted by molar-refractivity contribution is -0.135. The van der Waals surface area contributed by atoms with Crippen LogP contribution in [0.15, 0.2) is 12.7 Å². The number of likely N-dealkylation sites (tertiary alicyclic amines) is 1. The van der Waals surface area contributed by atoms with E-state index in [1.54, 1.807) is 0 Å². The van der Waals surface area contributed by atoms with E-state index in [1.165, 1.54) is 38.5 Å². The predicted octanol–water partition coefficient (Wildman–Crippen LogP) is 3.12. The van der Waals surface area contributed by atoms with Crippen LogP contribution in [0.3, 0.4) is 0 Å². The molecule has 0 bridgehead atoms. The van der Waals surface area contributed by atoms with E-state index in [1.807, 2.05) is 12.7 Å². The highest BCUT2D eigenvalue weighted by molar-refractivity contribution is 5.79. The molecule has 2 heterocycles. The number of carbonyl (C=O) groups is 1. The molecule has 1 aromatic heterocycles. The van der Waals surface area contributed by atoms with Crippen LogP contribution in [0.1, 0.15) is 58.3 Å². The molecule has 3 fully saturated rings. The average Bonchev–Trinajstić information content (AvgIpc) is 3.12. The maximum atomic E-state index is 13.1. The van der Waals surface area contributed by atoms with E-state index >= 15 is 0 Å². The summed E-state index contributed by atoms with van der Waals surface area (Å²) in [6, 6.07) is 0. The van der Waals surface area contributed by atoms with Gasteiger partial charge in [0.05, 0.1) is 0 Å². The first-order valence-electron chi connectivity index (χ1n) is 9.77. The van der Waals surface area contributed by atoms with Crippen LogP contribution in [-0.4, -0.2) is 38.7 Å². The smallest absolute Gasteiger partial charge is 0.225 e. The molecule has 1 amide bonds. The third-order valence-corrected chi connectivity index (χ3v) is 6.98. The molecule has 2 aliphatic carbocycles. The average molecular weight is 330 g/mol. The minimum Gasteiger partial charge on any atom is -0.342 e. The minimum atomic E-state index is 0.278. The van der Waals surface area contributed by atoms with Gasteiger partial charge >= 0.3 is 0 Å². The second kappa shape index (κ2) is 6.49. The summed E-state index contributed by atoms with van der Waals surface area (Å²) in [7, 11) is 0. The SMILES string of the molecule is CC1CCCC(C(=O)N2CC(Cn3cnnc3)C3(CCC3)C2)CC1. The van der Waals surface area contributed by atoms with Gasteiger partial charge in [-0.05, 0) is 43.4 Å². The summed E-state index contributed by atoms with van der Waals surface area (Å²) in [4.78, 5) is 15.3. The summed E-state index contributed by atoms with van der Waals surface area (Å²) in [5, 5.41) is 7.87. The quantitative estimate of drug-likeness (QED) is 0.800. The number of aromatic nitrogens is 3. The summed E-state index contributed by atoms with van der Waals surface area (Å²) < 4.78 is 2.09. The fourth-order valence-corrected chi connectivity index (χ4v) is 5.21. The lowest BCUT2D eigenvalue weighted by Crippen LogP contribution is -2.40. The van der Waals surface area contributed by atoms with Crippen molar-refractivity contribution in [2.45, 2.75) is 64.8 Å². The highest BCUT2D eigenvalue weighted by Crippen LogP contribution is 2.52. The summed E-state index contributed by atoms with van der Waals surface area (Å²) in [5.74, 6) is 2.08. The van der Waals surface area contributed by atoms with Crippen molar-refractivity contribution in [3.05, 3.63) is 12.7 Å². The summed E-state index contributed by atoms with van der Waals surface area (Å²) in [6.07, 6.45) is 13.4. The molecule has 0 N–H and O–H groups in total. The first kappa shape index (κ1) is 16.1. The van der Waals surface area contributed by atoms with Crippen LogP contribution in [-0.2, 0) is 11.3 Å². The molecule has 24 heavy (non-hydrogen) atoms. The summed E-state index contributed by atoms with van der Waals surface area (Å²) >= 11 is 0. The predicted molar refractivity (Wildman–Crippen MR) is 92.1 cm³/mol. The van der Waals surface area contributed by atoms with Crippen LogP contribution in [0.25, 0.3) is 0 Å². The molecule has 3 unspecified atom stereocenters. The number of hydrogen-bond acceptors (Lipinski definition) is 3. The molecule has 1 aliphatic heterocycles. The van der Waals surface area contributed by atoms with Crippen molar-refractivity contribution in [3.8, 4) is 0 Å². The Bertz CT molecular complexity index is 566. The first-order chi connectivity index (χ1) is 11.7. The molecule has 2 saturated carbocycles. The number of amides is 1. The second-order valence-electron chi connectivity index (χ2n) is 8.60. The molecule has 1 aromatic rings. The Kier molecular flexibility index (Phi) is 4.35. The zero-order valence-corrected chi connectivity index (χ0v) is 14.9. The summed E-state index contributed by atoms with van der Waals surface area (Å²) in [5.41, 5.74) is 0.373. The number of nitrogens with zero attached hydrogens (tertiary/aromatic N) is 4. The molecule has 3 aliphatic rings. The van der Waals surface area contributed by atoms with Gasteiger partial charge in [0.1, 0.15) is 12.7 Å². The Morgan fingerprint density at radius 1 is 1.12 bits per heavy atom. The second-order valence-corrected chi connectivity index (χ2v) is 8.60. The maximum absolute atomic E-state index is 13.1. The molecular weight excluding hydrogens is 300 g/mol. The normalized spacial score (nSPS) is 32.5.